The third kappa shape index (κ3) is 3.31. The first-order valence-electron chi connectivity index (χ1n) is 11.7. The Labute approximate surface area is 200 Å². The largest absolute Gasteiger partial charge is 0.348 e. The van der Waals surface area contributed by atoms with Gasteiger partial charge in [-0.2, -0.15) is 5.39 Å². The summed E-state index contributed by atoms with van der Waals surface area (Å²) in [5.74, 6) is 0.680. The van der Waals surface area contributed by atoms with Gasteiger partial charge in [0, 0.05) is 47.8 Å². The molecule has 0 N–H and O–H groups in total. The van der Waals surface area contributed by atoms with Gasteiger partial charge in [0.2, 0.25) is 0 Å². The zero-order valence-electron chi connectivity index (χ0n) is 22.1. The van der Waals surface area contributed by atoms with E-state index in [0.717, 1.165) is 16.5 Å². The first-order valence-corrected chi connectivity index (χ1v) is 8.71. The molecule has 4 heteroatoms. The van der Waals surface area contributed by atoms with Gasteiger partial charge in [-0.15, -0.1) is 19.8 Å². The van der Waals surface area contributed by atoms with Crippen LogP contribution < -0.4 is 4.57 Å². The number of rotatable bonds is 3. The van der Waals surface area contributed by atoms with Crippen molar-refractivity contribution in [2.75, 3.05) is 0 Å². The van der Waals surface area contributed by atoms with Gasteiger partial charge >= 0.3 is 0 Å². The number of aryl methyl sites for hydroxylation is 1. The van der Waals surface area contributed by atoms with Crippen molar-refractivity contribution >= 4 is 16.5 Å². The van der Waals surface area contributed by atoms with E-state index in [2.05, 4.69) is 12.3 Å². The van der Waals surface area contributed by atoms with Crippen LogP contribution in [0.3, 0.4) is 0 Å². The SMILES string of the molecule is [2H]C([2H])([2H])C(=[C-]C)c1[c-]n(-c2cn(-c3ccccc3)c(C([2H])([2H])[2H])[n+]2C)c2c(C)cccc12.[Y]. The maximum absolute atomic E-state index is 8.15. The van der Waals surface area contributed by atoms with Gasteiger partial charge in [-0.05, 0) is 24.6 Å². The molecule has 0 fully saturated rings. The van der Waals surface area contributed by atoms with Crippen LogP contribution in [-0.4, -0.2) is 9.13 Å². The van der Waals surface area contributed by atoms with E-state index < -0.39 is 13.7 Å². The zero-order chi connectivity index (χ0) is 24.1. The van der Waals surface area contributed by atoms with Crippen LogP contribution in [0.1, 0.15) is 39.0 Å². The number of hydrogen-bond acceptors (Lipinski definition) is 0. The summed E-state index contributed by atoms with van der Waals surface area (Å²) < 4.78 is 53.4. The van der Waals surface area contributed by atoms with Crippen LogP contribution in [-0.2, 0) is 39.8 Å². The summed E-state index contributed by atoms with van der Waals surface area (Å²) in [6, 6.07) is 14.9. The molecule has 4 rings (SSSR count). The third-order valence-electron chi connectivity index (χ3n) is 4.85. The predicted octanol–water partition coefficient (Wildman–Crippen LogP) is 4.89. The Balaban J connectivity index is 0.00000324. The normalized spacial score (nSPS) is 15.8. The monoisotopic (exact) mass is 449 g/mol. The van der Waals surface area contributed by atoms with Crippen LogP contribution >= 0.6 is 0 Å². The molecule has 1 radical (unpaired) electrons. The quantitative estimate of drug-likeness (QED) is 0.313. The molecule has 2 aromatic carbocycles. The van der Waals surface area contributed by atoms with Gasteiger partial charge in [0.25, 0.3) is 0 Å². The van der Waals surface area contributed by atoms with Crippen molar-refractivity contribution in [3.8, 4) is 11.5 Å². The van der Waals surface area contributed by atoms with Crippen molar-refractivity contribution < 1.29 is 45.5 Å². The number of imidazole rings is 1. The topological polar surface area (TPSA) is 13.7 Å². The zero-order valence-corrected chi connectivity index (χ0v) is 19.0. The van der Waals surface area contributed by atoms with Crippen molar-refractivity contribution in [3.63, 3.8) is 0 Å². The smallest absolute Gasteiger partial charge is 0.199 e. The van der Waals surface area contributed by atoms with Gasteiger partial charge in [-0.3, -0.25) is 10.1 Å². The van der Waals surface area contributed by atoms with E-state index in [0.29, 0.717) is 17.1 Å². The number of nitrogens with zero attached hydrogens (tertiary/aromatic N) is 3. The molecule has 28 heavy (non-hydrogen) atoms. The molecule has 0 atom stereocenters. The van der Waals surface area contributed by atoms with Crippen LogP contribution in [0.15, 0.2) is 54.7 Å². The fourth-order valence-electron chi connectivity index (χ4n) is 3.40. The molecule has 0 aliphatic rings. The summed E-state index contributed by atoms with van der Waals surface area (Å²) in [5.41, 5.74) is 2.90. The number of hydrogen-bond donors (Lipinski definition) is 0. The molecule has 0 saturated heterocycles. The van der Waals surface area contributed by atoms with Gasteiger partial charge in [0.15, 0.2) is 11.6 Å². The molecule has 2 aromatic heterocycles. The fourth-order valence-corrected chi connectivity index (χ4v) is 3.40. The summed E-state index contributed by atoms with van der Waals surface area (Å²) in [6.45, 7) is -1.24. The van der Waals surface area contributed by atoms with Gasteiger partial charge < -0.3 is 10.6 Å². The van der Waals surface area contributed by atoms with E-state index in [-0.39, 0.29) is 44.1 Å². The van der Waals surface area contributed by atoms with E-state index in [4.69, 9.17) is 8.22 Å². The molecule has 0 amide bonds. The second-order valence-corrected chi connectivity index (χ2v) is 6.49. The summed E-state index contributed by atoms with van der Waals surface area (Å²) in [6.07, 6.45) is 7.80. The third-order valence-corrected chi connectivity index (χ3v) is 4.85. The molecule has 0 unspecified atom stereocenters. The van der Waals surface area contributed by atoms with E-state index in [1.54, 1.807) is 33.9 Å². The summed E-state index contributed by atoms with van der Waals surface area (Å²) >= 11 is 0. The standard InChI is InChI=1S/C24H24N3.Y/c1-6-17(2)22-15-27(24-18(3)11-10-14-21(22)24)23-16-26(19(4)25(23)5)20-12-8-7-9-13-20;/h7-14,16H,1-5H3;/q-1;/i2D3,4D3;. The van der Waals surface area contributed by atoms with Crippen molar-refractivity contribution in [1.29, 1.82) is 0 Å². The van der Waals surface area contributed by atoms with Crippen LogP contribution in [0, 0.1) is 26.0 Å². The maximum Gasteiger partial charge on any atom is 0.199 e. The molecule has 0 aliphatic heterocycles. The first-order chi connectivity index (χ1) is 15.4. The summed E-state index contributed by atoms with van der Waals surface area (Å²) in [5, 5.41) is 0.721. The Bertz CT molecular complexity index is 1360. The number of benzene rings is 2. The second-order valence-electron chi connectivity index (χ2n) is 6.49. The Morgan fingerprint density at radius 3 is 2.61 bits per heavy atom. The first kappa shape index (κ1) is 14.1. The van der Waals surface area contributed by atoms with Gasteiger partial charge in [0.05, 0.1) is 7.05 Å². The van der Waals surface area contributed by atoms with E-state index in [9.17, 15) is 0 Å². The van der Waals surface area contributed by atoms with Crippen LogP contribution in [0.25, 0.3) is 28.0 Å². The molecule has 3 nitrogen and oxygen atoms in total. The molecule has 0 saturated carbocycles. The van der Waals surface area contributed by atoms with Crippen LogP contribution in [0.5, 0.6) is 0 Å². The summed E-state index contributed by atoms with van der Waals surface area (Å²) in [4.78, 5) is 0. The molecule has 0 spiro atoms. The average Bonchev–Trinajstić information content (AvgIpc) is 3.27. The molecular formula is C24H24N3Y-. The van der Waals surface area contributed by atoms with E-state index in [1.165, 1.54) is 0 Å². The number of allylic oxidation sites excluding steroid dienone is 2. The maximum atomic E-state index is 8.15. The number of aromatic nitrogens is 3. The number of fused-ring (bicyclic) bond motifs is 1. The minimum absolute atomic E-state index is 0. The molecule has 2 heterocycles. The molecule has 4 aromatic rings. The van der Waals surface area contributed by atoms with Crippen molar-refractivity contribution in [1.82, 2.24) is 9.13 Å². The van der Waals surface area contributed by atoms with Crippen LogP contribution in [0.4, 0.5) is 0 Å². The fraction of sp³-hybridized carbons (Fsp3) is 0.208. The Hall–Kier alpha value is -1.97. The van der Waals surface area contributed by atoms with E-state index >= 15 is 0 Å². The molecule has 0 bridgehead atoms. The Kier molecular flexibility index (Phi) is 4.12. The second kappa shape index (κ2) is 8.18. The minimum atomic E-state index is -2.38. The van der Waals surface area contributed by atoms with Crippen molar-refractivity contribution in [2.45, 2.75) is 27.6 Å². The Morgan fingerprint density at radius 1 is 1.14 bits per heavy atom. The van der Waals surface area contributed by atoms with E-state index in [1.807, 2.05) is 55.5 Å². The van der Waals surface area contributed by atoms with Gasteiger partial charge in [-0.1, -0.05) is 42.1 Å². The molecule has 0 aliphatic carbocycles. The Morgan fingerprint density at radius 2 is 1.93 bits per heavy atom. The average molecular weight is 449 g/mol. The predicted molar refractivity (Wildman–Crippen MR) is 110 cm³/mol. The minimum Gasteiger partial charge on any atom is -0.348 e. The van der Waals surface area contributed by atoms with Gasteiger partial charge in [0.1, 0.15) is 11.9 Å². The molecule has 139 valence electrons. The van der Waals surface area contributed by atoms with Gasteiger partial charge in [-0.25, -0.2) is 10.1 Å². The van der Waals surface area contributed by atoms with Crippen molar-refractivity contribution in [2.24, 2.45) is 7.05 Å². The van der Waals surface area contributed by atoms with Crippen LogP contribution in [0.2, 0.25) is 0 Å². The summed E-state index contributed by atoms with van der Waals surface area (Å²) in [7, 11) is 1.69. The number of para-hydroxylation sites is 2. The van der Waals surface area contributed by atoms with Crippen molar-refractivity contribution in [3.05, 3.63) is 84.0 Å². The molecular weight excluding hydrogens is 419 g/mol.